The van der Waals surface area contributed by atoms with Crippen LogP contribution in [-0.4, -0.2) is 8.32 Å². The molecule has 0 saturated heterocycles. The van der Waals surface area contributed by atoms with Gasteiger partial charge in [0.2, 0.25) is 8.32 Å². The number of nitrogens with two attached hydrogens (primary N) is 1. The minimum atomic E-state index is -1.53. The molecule has 0 aliphatic heterocycles. The Morgan fingerprint density at radius 2 is 1.72 bits per heavy atom. The van der Waals surface area contributed by atoms with E-state index < -0.39 is 8.32 Å². The highest BCUT2D eigenvalue weighted by molar-refractivity contribution is 7.08. The predicted molar refractivity (Wildman–Crippen MR) is 80.8 cm³/mol. The van der Waals surface area contributed by atoms with Crippen molar-refractivity contribution in [3.05, 3.63) is 52.2 Å². The van der Waals surface area contributed by atoms with Crippen molar-refractivity contribution in [2.75, 3.05) is 0 Å². The Balaban J connectivity index is 2.13. The van der Waals surface area contributed by atoms with E-state index in [4.69, 9.17) is 10.2 Å². The Bertz CT molecular complexity index is 488. The molecule has 1 aromatic heterocycles. The van der Waals surface area contributed by atoms with Gasteiger partial charge >= 0.3 is 0 Å². The Morgan fingerprint density at radius 3 is 2.22 bits per heavy atom. The first-order chi connectivity index (χ1) is 8.46. The second-order valence-corrected chi connectivity index (χ2v) is 10.5. The number of benzene rings is 1. The average molecular weight is 277 g/mol. The van der Waals surface area contributed by atoms with E-state index in [-0.39, 0.29) is 6.04 Å². The Morgan fingerprint density at radius 1 is 1.06 bits per heavy atom. The molecule has 2 N–H and O–H groups in total. The lowest BCUT2D eigenvalue weighted by Crippen LogP contribution is -2.29. The van der Waals surface area contributed by atoms with E-state index in [1.54, 1.807) is 11.3 Å². The maximum Gasteiger partial charge on any atom is 0.242 e. The molecule has 1 aromatic carbocycles. The molecule has 2 nitrogen and oxygen atoms in total. The number of hydrogen-bond donors (Lipinski definition) is 1. The van der Waals surface area contributed by atoms with Crippen LogP contribution in [0.3, 0.4) is 0 Å². The lowest BCUT2D eigenvalue weighted by molar-refractivity contribution is 0.557. The molecule has 4 heteroatoms. The standard InChI is InChI=1S/C14H19NOSSi/c1-18(2,3)16-13-6-4-11(5-7-13)14(15)12-8-9-17-10-12/h4-10,14H,15H2,1-3H3/t14-/m1/s1. The van der Waals surface area contributed by atoms with Crippen LogP contribution in [0.2, 0.25) is 19.6 Å². The first-order valence-electron chi connectivity index (χ1n) is 6.02. The van der Waals surface area contributed by atoms with Gasteiger partial charge in [0.1, 0.15) is 5.75 Å². The maximum absolute atomic E-state index is 6.21. The fourth-order valence-corrected chi connectivity index (χ4v) is 3.28. The third-order valence-electron chi connectivity index (χ3n) is 2.57. The second-order valence-electron chi connectivity index (χ2n) is 5.32. The molecule has 0 bridgehead atoms. The van der Waals surface area contributed by atoms with Gasteiger partial charge in [0.05, 0.1) is 6.04 Å². The van der Waals surface area contributed by atoms with Crippen LogP contribution in [-0.2, 0) is 0 Å². The van der Waals surface area contributed by atoms with Crippen molar-refractivity contribution in [2.45, 2.75) is 25.7 Å². The van der Waals surface area contributed by atoms with Gasteiger partial charge in [-0.15, -0.1) is 0 Å². The lowest BCUT2D eigenvalue weighted by Gasteiger charge is -2.19. The number of thiophene rings is 1. The number of hydrogen-bond acceptors (Lipinski definition) is 3. The summed E-state index contributed by atoms with van der Waals surface area (Å²) in [7, 11) is -1.53. The Kier molecular flexibility index (Phi) is 3.90. The van der Waals surface area contributed by atoms with Gasteiger partial charge in [-0.2, -0.15) is 11.3 Å². The molecule has 0 amide bonds. The molecule has 1 heterocycles. The van der Waals surface area contributed by atoms with Gasteiger partial charge in [-0.3, -0.25) is 0 Å². The van der Waals surface area contributed by atoms with E-state index in [9.17, 15) is 0 Å². The maximum atomic E-state index is 6.21. The van der Waals surface area contributed by atoms with E-state index in [1.165, 1.54) is 5.56 Å². The SMILES string of the molecule is C[Si](C)(C)Oc1ccc([C@@H](N)c2ccsc2)cc1. The minimum Gasteiger partial charge on any atom is -0.544 e. The highest BCUT2D eigenvalue weighted by atomic mass is 32.1. The normalized spacial score (nSPS) is 13.3. The summed E-state index contributed by atoms with van der Waals surface area (Å²) < 4.78 is 5.93. The zero-order valence-electron chi connectivity index (χ0n) is 11.0. The summed E-state index contributed by atoms with van der Waals surface area (Å²) in [5.41, 5.74) is 8.50. The highest BCUT2D eigenvalue weighted by Crippen LogP contribution is 2.24. The summed E-state index contributed by atoms with van der Waals surface area (Å²) in [6.45, 7) is 6.54. The second kappa shape index (κ2) is 5.26. The smallest absolute Gasteiger partial charge is 0.242 e. The lowest BCUT2D eigenvalue weighted by atomic mass is 10.0. The number of rotatable bonds is 4. The quantitative estimate of drug-likeness (QED) is 0.857. The summed E-state index contributed by atoms with van der Waals surface area (Å²) in [5, 5.41) is 4.15. The largest absolute Gasteiger partial charge is 0.544 e. The predicted octanol–water partition coefficient (Wildman–Crippen LogP) is 4.01. The summed E-state index contributed by atoms with van der Waals surface area (Å²) in [6, 6.07) is 10.2. The van der Waals surface area contributed by atoms with Crippen LogP contribution in [0.4, 0.5) is 0 Å². The van der Waals surface area contributed by atoms with Crippen LogP contribution in [0.5, 0.6) is 5.75 Å². The highest BCUT2D eigenvalue weighted by Gasteiger charge is 2.16. The van der Waals surface area contributed by atoms with Crippen LogP contribution < -0.4 is 10.2 Å². The van der Waals surface area contributed by atoms with Gasteiger partial charge in [0.15, 0.2) is 0 Å². The molecule has 1 atom stereocenters. The van der Waals surface area contributed by atoms with Crippen molar-refractivity contribution in [3.8, 4) is 5.75 Å². The monoisotopic (exact) mass is 277 g/mol. The summed E-state index contributed by atoms with van der Waals surface area (Å²) in [6.07, 6.45) is 0. The summed E-state index contributed by atoms with van der Waals surface area (Å²) in [4.78, 5) is 0. The van der Waals surface area contributed by atoms with Crippen molar-refractivity contribution >= 4 is 19.7 Å². The van der Waals surface area contributed by atoms with Gasteiger partial charge in [0, 0.05) is 0 Å². The van der Waals surface area contributed by atoms with Gasteiger partial charge in [-0.1, -0.05) is 12.1 Å². The molecule has 0 unspecified atom stereocenters. The molecule has 0 radical (unpaired) electrons. The Hall–Kier alpha value is -1.10. The molecule has 0 saturated carbocycles. The van der Waals surface area contributed by atoms with E-state index in [1.807, 2.05) is 12.1 Å². The van der Waals surface area contributed by atoms with E-state index >= 15 is 0 Å². The first kappa shape index (κ1) is 13.3. The van der Waals surface area contributed by atoms with Gasteiger partial charge < -0.3 is 10.2 Å². The molecular weight excluding hydrogens is 258 g/mol. The average Bonchev–Trinajstić information content (AvgIpc) is 2.80. The topological polar surface area (TPSA) is 35.2 Å². The van der Waals surface area contributed by atoms with Gasteiger partial charge in [-0.25, -0.2) is 0 Å². The fourth-order valence-electron chi connectivity index (χ4n) is 1.74. The van der Waals surface area contributed by atoms with Crippen molar-refractivity contribution in [1.82, 2.24) is 0 Å². The molecular formula is C14H19NOSSi. The molecule has 0 aliphatic carbocycles. The third-order valence-corrected chi connectivity index (χ3v) is 4.12. The van der Waals surface area contributed by atoms with Crippen molar-refractivity contribution < 1.29 is 4.43 Å². The zero-order chi connectivity index (χ0) is 13.2. The molecule has 0 fully saturated rings. The molecule has 96 valence electrons. The van der Waals surface area contributed by atoms with Crippen LogP contribution in [0.1, 0.15) is 17.2 Å². The molecule has 0 aliphatic rings. The van der Waals surface area contributed by atoms with E-state index in [0.717, 1.165) is 11.3 Å². The zero-order valence-corrected chi connectivity index (χ0v) is 12.8. The van der Waals surface area contributed by atoms with Gasteiger partial charge in [-0.05, 0) is 59.7 Å². The van der Waals surface area contributed by atoms with Crippen LogP contribution >= 0.6 is 11.3 Å². The van der Waals surface area contributed by atoms with Crippen molar-refractivity contribution in [3.63, 3.8) is 0 Å². The van der Waals surface area contributed by atoms with E-state index in [0.29, 0.717) is 0 Å². The Labute approximate surface area is 114 Å². The molecule has 2 rings (SSSR count). The van der Waals surface area contributed by atoms with Crippen LogP contribution in [0.25, 0.3) is 0 Å². The molecule has 0 spiro atoms. The summed E-state index contributed by atoms with van der Waals surface area (Å²) >= 11 is 1.67. The van der Waals surface area contributed by atoms with Crippen molar-refractivity contribution in [2.24, 2.45) is 5.73 Å². The minimum absolute atomic E-state index is 0.0443. The third kappa shape index (κ3) is 3.45. The molecule has 18 heavy (non-hydrogen) atoms. The first-order valence-corrected chi connectivity index (χ1v) is 10.4. The summed E-state index contributed by atoms with van der Waals surface area (Å²) in [5.74, 6) is 0.940. The van der Waals surface area contributed by atoms with E-state index in [2.05, 4.69) is 48.6 Å². The van der Waals surface area contributed by atoms with Crippen LogP contribution in [0.15, 0.2) is 41.1 Å². The van der Waals surface area contributed by atoms with Crippen molar-refractivity contribution in [1.29, 1.82) is 0 Å². The molecule has 2 aromatic rings. The fraction of sp³-hybridized carbons (Fsp3) is 0.286. The van der Waals surface area contributed by atoms with Gasteiger partial charge in [0.25, 0.3) is 0 Å². The van der Waals surface area contributed by atoms with Crippen LogP contribution in [0, 0.1) is 0 Å².